The van der Waals surface area contributed by atoms with Crippen molar-refractivity contribution in [2.24, 2.45) is 0 Å². The predicted octanol–water partition coefficient (Wildman–Crippen LogP) is 12.9. The van der Waals surface area contributed by atoms with Gasteiger partial charge in [0, 0.05) is 59.1 Å². The van der Waals surface area contributed by atoms with Crippen LogP contribution in [0.1, 0.15) is 0 Å². The molecule has 0 radical (unpaired) electrons. The van der Waals surface area contributed by atoms with Crippen LogP contribution in [0.3, 0.4) is 0 Å². The molecule has 0 fully saturated rings. The van der Waals surface area contributed by atoms with Gasteiger partial charge in [-0.2, -0.15) is 0 Å². The summed E-state index contributed by atoms with van der Waals surface area (Å²) >= 11 is 1.87. The molecule has 2 aromatic heterocycles. The van der Waals surface area contributed by atoms with Gasteiger partial charge in [0.2, 0.25) is 0 Å². The van der Waals surface area contributed by atoms with Crippen LogP contribution in [0.4, 0.5) is 17.1 Å². The third-order valence-corrected chi connectivity index (χ3v) is 10.6. The smallest absolute Gasteiger partial charge is 0.0619 e. The van der Waals surface area contributed by atoms with E-state index in [9.17, 15) is 0 Å². The van der Waals surface area contributed by atoms with Gasteiger partial charge in [0.1, 0.15) is 0 Å². The molecule has 2 heterocycles. The first kappa shape index (κ1) is 26.3. The van der Waals surface area contributed by atoms with Crippen molar-refractivity contribution >= 4 is 91.9 Å². The number of benzene rings is 8. The number of fused-ring (bicyclic) bond motifs is 10. The Hall–Kier alpha value is -5.90. The van der Waals surface area contributed by atoms with E-state index in [1.165, 1.54) is 63.5 Å². The van der Waals surface area contributed by atoms with Crippen molar-refractivity contribution in [1.29, 1.82) is 0 Å². The summed E-state index contributed by atoms with van der Waals surface area (Å²) < 4.78 is 5.06. The van der Waals surface area contributed by atoms with Gasteiger partial charge >= 0.3 is 0 Å². The Morgan fingerprint density at radius 3 is 1.83 bits per heavy atom. The average molecular weight is 617 g/mol. The lowest BCUT2D eigenvalue weighted by atomic mass is 10.0. The number of para-hydroxylation sites is 2. The topological polar surface area (TPSA) is 8.17 Å². The number of hydrogen-bond donors (Lipinski definition) is 0. The van der Waals surface area contributed by atoms with Gasteiger partial charge in [-0.15, -0.1) is 11.3 Å². The molecule has 0 spiro atoms. The molecular weight excluding hydrogens is 589 g/mol. The van der Waals surface area contributed by atoms with E-state index in [1.807, 2.05) is 11.3 Å². The molecule has 0 atom stereocenters. The molecule has 47 heavy (non-hydrogen) atoms. The van der Waals surface area contributed by atoms with Crippen LogP contribution in [0, 0.1) is 0 Å². The Labute approximate surface area is 276 Å². The van der Waals surface area contributed by atoms with E-state index < -0.39 is 0 Å². The van der Waals surface area contributed by atoms with Gasteiger partial charge in [0.05, 0.1) is 11.0 Å². The molecule has 8 aromatic carbocycles. The summed E-state index contributed by atoms with van der Waals surface area (Å²) in [5.41, 5.74) is 6.99. The van der Waals surface area contributed by atoms with Crippen LogP contribution >= 0.6 is 11.3 Å². The maximum absolute atomic E-state index is 2.44. The lowest BCUT2D eigenvalue weighted by Crippen LogP contribution is -2.09. The fourth-order valence-corrected chi connectivity index (χ4v) is 8.60. The maximum atomic E-state index is 2.44. The standard InChI is InChI=1S/C44H28N2S/c1-3-13-31(14-4-1)45(34-22-25-39-42(28-34)47-41-26-20-29-11-7-9-17-35(29)43(39)41)33-21-24-37-38-23-19-30-12-8-10-18-36(30)44(38)46(40(37)27-33)32-15-5-2-6-16-32/h1-28H. The molecule has 0 saturated heterocycles. The highest BCUT2D eigenvalue weighted by Crippen LogP contribution is 2.44. The largest absolute Gasteiger partial charge is 0.310 e. The first-order valence-electron chi connectivity index (χ1n) is 16.0. The Morgan fingerprint density at radius 1 is 0.404 bits per heavy atom. The number of rotatable bonds is 4. The summed E-state index contributed by atoms with van der Waals surface area (Å²) in [4.78, 5) is 2.40. The lowest BCUT2D eigenvalue weighted by Gasteiger charge is -2.26. The van der Waals surface area contributed by atoms with Crippen molar-refractivity contribution in [3.05, 3.63) is 170 Å². The second kappa shape index (κ2) is 10.3. The van der Waals surface area contributed by atoms with E-state index in [0.29, 0.717) is 0 Å². The first-order chi connectivity index (χ1) is 23.3. The molecule has 3 heteroatoms. The summed E-state index contributed by atoms with van der Waals surface area (Å²) in [6.07, 6.45) is 0. The van der Waals surface area contributed by atoms with Crippen molar-refractivity contribution in [3.63, 3.8) is 0 Å². The zero-order valence-corrected chi connectivity index (χ0v) is 26.3. The van der Waals surface area contributed by atoms with Crippen LogP contribution < -0.4 is 4.90 Å². The Bertz CT molecular complexity index is 2790. The van der Waals surface area contributed by atoms with Crippen LogP contribution in [0.15, 0.2) is 170 Å². The molecule has 220 valence electrons. The van der Waals surface area contributed by atoms with Crippen molar-refractivity contribution in [2.45, 2.75) is 0 Å². The molecule has 10 rings (SSSR count). The third kappa shape index (κ3) is 4.04. The van der Waals surface area contributed by atoms with Crippen molar-refractivity contribution in [2.75, 3.05) is 4.90 Å². The summed E-state index contributed by atoms with van der Waals surface area (Å²) in [5, 5.41) is 10.3. The fraction of sp³-hybridized carbons (Fsp3) is 0. The SMILES string of the molecule is c1ccc(N(c2ccc3c(c2)sc2ccc4ccccc4c23)c2ccc3c4ccc5ccccc5c4n(-c4ccccc4)c3c2)cc1. The minimum atomic E-state index is 1.12. The van der Waals surface area contributed by atoms with Gasteiger partial charge in [-0.25, -0.2) is 0 Å². The highest BCUT2D eigenvalue weighted by atomic mass is 32.1. The molecule has 0 amide bonds. The molecule has 0 aliphatic carbocycles. The van der Waals surface area contributed by atoms with Crippen LogP contribution in [0.2, 0.25) is 0 Å². The van der Waals surface area contributed by atoms with Crippen molar-refractivity contribution < 1.29 is 0 Å². The predicted molar refractivity (Wildman–Crippen MR) is 203 cm³/mol. The summed E-state index contributed by atoms with van der Waals surface area (Å²) in [7, 11) is 0. The van der Waals surface area contributed by atoms with E-state index >= 15 is 0 Å². The molecule has 10 aromatic rings. The second-order valence-electron chi connectivity index (χ2n) is 12.2. The average Bonchev–Trinajstić information content (AvgIpc) is 3.68. The van der Waals surface area contributed by atoms with Gasteiger partial charge in [0.25, 0.3) is 0 Å². The number of thiophene rings is 1. The number of hydrogen-bond acceptors (Lipinski definition) is 2. The summed E-state index contributed by atoms with van der Waals surface area (Å²) in [6.45, 7) is 0. The van der Waals surface area contributed by atoms with Crippen LogP contribution in [0.5, 0.6) is 0 Å². The van der Waals surface area contributed by atoms with Crippen molar-refractivity contribution in [1.82, 2.24) is 4.57 Å². The monoisotopic (exact) mass is 616 g/mol. The maximum Gasteiger partial charge on any atom is 0.0619 e. The second-order valence-corrected chi connectivity index (χ2v) is 13.3. The van der Waals surface area contributed by atoms with Gasteiger partial charge in [-0.1, -0.05) is 115 Å². The third-order valence-electron chi connectivity index (χ3n) is 9.53. The normalized spacial score (nSPS) is 11.8. The van der Waals surface area contributed by atoms with Gasteiger partial charge < -0.3 is 9.47 Å². The molecule has 2 nitrogen and oxygen atoms in total. The number of anilines is 3. The number of aromatic nitrogens is 1. The molecular formula is C44H28N2S. The Balaban J connectivity index is 1.24. The molecule has 0 saturated carbocycles. The van der Waals surface area contributed by atoms with Gasteiger partial charge in [-0.05, 0) is 70.8 Å². The molecule has 0 aliphatic rings. The lowest BCUT2D eigenvalue weighted by molar-refractivity contribution is 1.18. The quantitative estimate of drug-likeness (QED) is 0.191. The van der Waals surface area contributed by atoms with E-state index in [0.717, 1.165) is 22.7 Å². The number of nitrogens with zero attached hydrogens (tertiary/aromatic N) is 2. The van der Waals surface area contributed by atoms with Gasteiger partial charge in [-0.3, -0.25) is 0 Å². The highest BCUT2D eigenvalue weighted by molar-refractivity contribution is 7.26. The molecule has 0 unspecified atom stereocenters. The van der Waals surface area contributed by atoms with Crippen molar-refractivity contribution in [3.8, 4) is 5.69 Å². The fourth-order valence-electron chi connectivity index (χ4n) is 7.45. The van der Waals surface area contributed by atoms with Crippen LogP contribution in [-0.2, 0) is 0 Å². The first-order valence-corrected chi connectivity index (χ1v) is 16.8. The minimum absolute atomic E-state index is 1.12. The van der Waals surface area contributed by atoms with Crippen LogP contribution in [-0.4, -0.2) is 4.57 Å². The molecule has 0 bridgehead atoms. The van der Waals surface area contributed by atoms with E-state index in [1.54, 1.807) is 0 Å². The Kier molecular flexibility index (Phi) is 5.78. The van der Waals surface area contributed by atoms with E-state index in [2.05, 4.69) is 179 Å². The van der Waals surface area contributed by atoms with E-state index in [4.69, 9.17) is 0 Å². The minimum Gasteiger partial charge on any atom is -0.310 e. The molecule has 0 aliphatic heterocycles. The summed E-state index contributed by atoms with van der Waals surface area (Å²) in [6, 6.07) is 61.9. The van der Waals surface area contributed by atoms with Gasteiger partial charge in [0.15, 0.2) is 0 Å². The molecule has 0 N–H and O–H groups in total. The van der Waals surface area contributed by atoms with E-state index in [-0.39, 0.29) is 0 Å². The van der Waals surface area contributed by atoms with Crippen LogP contribution in [0.25, 0.3) is 69.2 Å². The summed E-state index contributed by atoms with van der Waals surface area (Å²) in [5.74, 6) is 0. The highest BCUT2D eigenvalue weighted by Gasteiger charge is 2.20. The zero-order valence-electron chi connectivity index (χ0n) is 25.5. The Morgan fingerprint density at radius 2 is 1.02 bits per heavy atom. The zero-order chi connectivity index (χ0) is 30.9.